The number of alkyl carbamates (subject to hydrolysis) is 1. The highest BCUT2D eigenvalue weighted by Gasteiger charge is 2.72. The molecular weight excluding hydrogens is 438 g/mol. The Hall–Kier alpha value is -1.68. The van der Waals surface area contributed by atoms with Gasteiger partial charge in [0.1, 0.15) is 23.4 Å². The molecule has 3 aliphatic rings. The molecule has 0 radical (unpaired) electrons. The lowest BCUT2D eigenvalue weighted by Gasteiger charge is -2.42. The molecule has 3 unspecified atom stereocenters. The van der Waals surface area contributed by atoms with Gasteiger partial charge in [-0.15, -0.1) is 0 Å². The number of carbonyl (C=O) groups excluding carboxylic acids is 2. The van der Waals surface area contributed by atoms with Crippen molar-refractivity contribution in [2.75, 3.05) is 33.4 Å². The number of unbranched alkanes of at least 4 members (excludes halogenated alkanes) is 3. The van der Waals surface area contributed by atoms with Crippen LogP contribution < -0.4 is 16.4 Å². The van der Waals surface area contributed by atoms with Gasteiger partial charge in [-0.25, -0.2) is 4.79 Å². The third-order valence-corrected chi connectivity index (χ3v) is 7.38. The first kappa shape index (κ1) is 26.9. The lowest BCUT2D eigenvalue weighted by Crippen LogP contribution is -2.56. The molecule has 1 spiro atoms. The van der Waals surface area contributed by atoms with Gasteiger partial charge in [-0.05, 0) is 52.9 Å². The molecule has 0 aromatic carbocycles. The van der Waals surface area contributed by atoms with Crippen molar-refractivity contribution in [1.29, 1.82) is 0 Å². The summed E-state index contributed by atoms with van der Waals surface area (Å²) >= 11 is 0. The molecule has 0 aromatic heterocycles. The van der Waals surface area contributed by atoms with Crippen molar-refractivity contribution in [3.05, 3.63) is 11.6 Å². The molecule has 2 saturated heterocycles. The van der Waals surface area contributed by atoms with Crippen LogP contribution in [0.15, 0.2) is 11.6 Å². The molecule has 0 bridgehead atoms. The molecule has 9 nitrogen and oxygen atoms in total. The standard InChI is InChI=1S/C25H43N3O6/c1-17(2)9-10-19-24(3,34-19)22-21(31-4)18(11-12-25(22)16-32-25)33-23(30)28-14-8-6-5-7-13-27-20(29)15-26/h9,18-19,21-22H,5-8,10-16,26H2,1-4H3,(H,27,29)(H,28,30)/t18?,19-,21?,22?,24+,25+/m1/s1. The Morgan fingerprint density at radius 1 is 1.15 bits per heavy atom. The molecule has 6 atom stereocenters. The average molecular weight is 482 g/mol. The van der Waals surface area contributed by atoms with Gasteiger partial charge in [0.2, 0.25) is 5.91 Å². The van der Waals surface area contributed by atoms with Crippen molar-refractivity contribution < 1.29 is 28.5 Å². The van der Waals surface area contributed by atoms with E-state index < -0.39 is 6.09 Å². The third-order valence-electron chi connectivity index (χ3n) is 7.38. The molecule has 0 aromatic rings. The number of hydrogen-bond acceptors (Lipinski definition) is 7. The predicted octanol–water partition coefficient (Wildman–Crippen LogP) is 2.42. The van der Waals surface area contributed by atoms with Crippen LogP contribution in [0.2, 0.25) is 0 Å². The van der Waals surface area contributed by atoms with Crippen LogP contribution in [0.25, 0.3) is 0 Å². The quantitative estimate of drug-likeness (QED) is 0.209. The number of nitrogens with one attached hydrogen (secondary N) is 2. The maximum Gasteiger partial charge on any atom is 0.407 e. The molecule has 4 N–H and O–H groups in total. The molecule has 2 aliphatic heterocycles. The van der Waals surface area contributed by atoms with E-state index in [1.165, 1.54) is 5.57 Å². The van der Waals surface area contributed by atoms with Crippen LogP contribution in [0.1, 0.15) is 65.7 Å². The summed E-state index contributed by atoms with van der Waals surface area (Å²) < 4.78 is 23.9. The first-order valence-corrected chi connectivity index (χ1v) is 12.6. The summed E-state index contributed by atoms with van der Waals surface area (Å²) in [5, 5.41) is 5.62. The number of allylic oxidation sites excluding steroid dienone is 1. The summed E-state index contributed by atoms with van der Waals surface area (Å²) in [6.07, 6.45) is 7.44. The summed E-state index contributed by atoms with van der Waals surface area (Å²) in [7, 11) is 1.68. The van der Waals surface area contributed by atoms with Crippen molar-refractivity contribution in [2.45, 2.75) is 95.2 Å². The number of rotatable bonds is 13. The van der Waals surface area contributed by atoms with E-state index in [1.54, 1.807) is 7.11 Å². The number of methoxy groups -OCH3 is 1. The molecule has 3 fully saturated rings. The van der Waals surface area contributed by atoms with Gasteiger partial charge in [0.25, 0.3) is 0 Å². The highest BCUT2D eigenvalue weighted by Crippen LogP contribution is 2.59. The maximum atomic E-state index is 12.5. The van der Waals surface area contributed by atoms with E-state index in [9.17, 15) is 9.59 Å². The number of nitrogens with two attached hydrogens (primary N) is 1. The predicted molar refractivity (Wildman–Crippen MR) is 128 cm³/mol. The second kappa shape index (κ2) is 11.8. The molecule has 34 heavy (non-hydrogen) atoms. The third kappa shape index (κ3) is 6.71. The second-order valence-electron chi connectivity index (χ2n) is 10.2. The zero-order chi connectivity index (χ0) is 24.8. The van der Waals surface area contributed by atoms with Gasteiger partial charge < -0.3 is 35.3 Å². The zero-order valence-electron chi connectivity index (χ0n) is 21.2. The minimum absolute atomic E-state index is 0.0203. The van der Waals surface area contributed by atoms with E-state index in [0.29, 0.717) is 26.1 Å². The largest absolute Gasteiger partial charge is 0.443 e. The first-order valence-electron chi connectivity index (χ1n) is 12.6. The molecule has 1 saturated carbocycles. The van der Waals surface area contributed by atoms with Crippen LogP contribution in [0.3, 0.4) is 0 Å². The molecule has 9 heteroatoms. The van der Waals surface area contributed by atoms with E-state index >= 15 is 0 Å². The van der Waals surface area contributed by atoms with Crippen molar-refractivity contribution >= 4 is 12.0 Å². The SMILES string of the molecule is COC1C(OC(=O)NCCCCCCNC(=O)CN)CC[C@]2(CO2)C1[C@@]1(C)O[C@@H]1CC=C(C)C. The van der Waals surface area contributed by atoms with Crippen molar-refractivity contribution in [1.82, 2.24) is 10.6 Å². The molecule has 1 aliphatic carbocycles. The molecule has 2 heterocycles. The fraction of sp³-hybridized carbons (Fsp3) is 0.840. The fourth-order valence-electron chi connectivity index (χ4n) is 5.34. The molecular formula is C25H43N3O6. The van der Waals surface area contributed by atoms with Crippen LogP contribution in [-0.2, 0) is 23.7 Å². The van der Waals surface area contributed by atoms with Crippen LogP contribution in [0, 0.1) is 5.92 Å². The van der Waals surface area contributed by atoms with Gasteiger partial charge in [-0.2, -0.15) is 0 Å². The van der Waals surface area contributed by atoms with Gasteiger partial charge in [0, 0.05) is 20.2 Å². The van der Waals surface area contributed by atoms with Gasteiger partial charge in [-0.1, -0.05) is 24.5 Å². The average Bonchev–Trinajstić information content (AvgIpc) is 3.72. The Bertz CT molecular complexity index is 736. The van der Waals surface area contributed by atoms with Crippen LogP contribution in [0.4, 0.5) is 4.79 Å². The van der Waals surface area contributed by atoms with Crippen molar-refractivity contribution in [3.63, 3.8) is 0 Å². The highest BCUT2D eigenvalue weighted by molar-refractivity contribution is 5.77. The lowest BCUT2D eigenvalue weighted by molar-refractivity contribution is -0.119. The fourth-order valence-corrected chi connectivity index (χ4v) is 5.34. The lowest BCUT2D eigenvalue weighted by atomic mass is 9.68. The summed E-state index contributed by atoms with van der Waals surface area (Å²) in [6, 6.07) is 0. The minimum atomic E-state index is -0.406. The van der Waals surface area contributed by atoms with Crippen LogP contribution in [0.5, 0.6) is 0 Å². The topological polar surface area (TPSA) is 128 Å². The Kier molecular flexibility index (Phi) is 9.37. The smallest absolute Gasteiger partial charge is 0.407 e. The zero-order valence-corrected chi connectivity index (χ0v) is 21.2. The first-order chi connectivity index (χ1) is 16.3. The van der Waals surface area contributed by atoms with Gasteiger partial charge in [0.15, 0.2) is 0 Å². The van der Waals surface area contributed by atoms with Crippen molar-refractivity contribution in [3.8, 4) is 0 Å². The van der Waals surface area contributed by atoms with E-state index in [1.807, 2.05) is 0 Å². The van der Waals surface area contributed by atoms with E-state index in [4.69, 9.17) is 24.7 Å². The van der Waals surface area contributed by atoms with E-state index in [2.05, 4.69) is 37.5 Å². The number of amides is 2. The van der Waals surface area contributed by atoms with Crippen LogP contribution in [-0.4, -0.2) is 74.9 Å². The number of ether oxygens (including phenoxy) is 4. The maximum absolute atomic E-state index is 12.5. The van der Waals surface area contributed by atoms with Gasteiger partial charge in [0.05, 0.1) is 25.2 Å². The Morgan fingerprint density at radius 3 is 2.41 bits per heavy atom. The summed E-state index contributed by atoms with van der Waals surface area (Å²) in [5.41, 5.74) is 5.96. The number of hydrogen-bond donors (Lipinski definition) is 3. The van der Waals surface area contributed by atoms with E-state index in [0.717, 1.165) is 38.5 Å². The Morgan fingerprint density at radius 2 is 1.82 bits per heavy atom. The summed E-state index contributed by atoms with van der Waals surface area (Å²) in [5.74, 6) is -0.111. The summed E-state index contributed by atoms with van der Waals surface area (Å²) in [4.78, 5) is 23.6. The van der Waals surface area contributed by atoms with Gasteiger partial charge >= 0.3 is 6.09 Å². The monoisotopic (exact) mass is 481 g/mol. The van der Waals surface area contributed by atoms with Crippen LogP contribution >= 0.6 is 0 Å². The van der Waals surface area contributed by atoms with Gasteiger partial charge in [-0.3, -0.25) is 4.79 Å². The molecule has 3 rings (SSSR count). The Labute approximate surface area is 203 Å². The van der Waals surface area contributed by atoms with Crippen molar-refractivity contribution in [2.24, 2.45) is 11.7 Å². The summed E-state index contributed by atoms with van der Waals surface area (Å²) in [6.45, 7) is 8.25. The second-order valence-corrected chi connectivity index (χ2v) is 10.2. The molecule has 194 valence electrons. The number of epoxide rings is 2. The molecule has 2 amide bonds. The highest BCUT2D eigenvalue weighted by atomic mass is 16.6. The normalized spacial score (nSPS) is 33.8. The number of carbonyl (C=O) groups is 2. The van der Waals surface area contributed by atoms with E-state index in [-0.39, 0.29) is 47.9 Å². The Balaban J connectivity index is 1.43. The minimum Gasteiger partial charge on any atom is -0.443 e.